The van der Waals surface area contributed by atoms with Gasteiger partial charge in [0.1, 0.15) is 0 Å². The van der Waals surface area contributed by atoms with Crippen LogP contribution in [0.25, 0.3) is 16.6 Å². The van der Waals surface area contributed by atoms with Gasteiger partial charge in [-0.3, -0.25) is 9.88 Å². The quantitative estimate of drug-likeness (QED) is 0.217. The Balaban J connectivity index is 1.25. The molecule has 1 atom stereocenters. The number of methoxy groups -OCH3 is 2. The zero-order chi connectivity index (χ0) is 28.1. The normalized spacial score (nSPS) is 15.6. The van der Waals surface area contributed by atoms with Crippen LogP contribution in [0.15, 0.2) is 89.5 Å². The van der Waals surface area contributed by atoms with Crippen LogP contribution in [0.4, 0.5) is 5.69 Å². The number of anilines is 1. The van der Waals surface area contributed by atoms with E-state index in [2.05, 4.69) is 94.9 Å². The molecular weight excluding hydrogens is 516 g/mol. The average molecular weight is 555 g/mol. The zero-order valence-electron chi connectivity index (χ0n) is 24.0. The van der Waals surface area contributed by atoms with Crippen LogP contribution < -0.4 is 14.2 Å². The summed E-state index contributed by atoms with van der Waals surface area (Å²) in [6.07, 6.45) is 1.85. The number of hydrogen-bond donors (Lipinski definition) is 1. The first kappa shape index (κ1) is 27.9. The average Bonchev–Trinajstić information content (AvgIpc) is 2.97. The molecule has 40 heavy (non-hydrogen) atoms. The van der Waals surface area contributed by atoms with Gasteiger partial charge >= 0.3 is 0 Å². The van der Waals surface area contributed by atoms with E-state index >= 15 is 0 Å². The Bertz CT molecular complexity index is 1480. The summed E-state index contributed by atoms with van der Waals surface area (Å²) in [4.78, 5) is 10.8. The van der Waals surface area contributed by atoms with Gasteiger partial charge in [-0.1, -0.05) is 48.0 Å². The number of nitrogens with zero attached hydrogens (tertiary/aromatic N) is 3. The predicted octanol–water partition coefficient (Wildman–Crippen LogP) is 7.33. The molecule has 0 aliphatic carbocycles. The molecule has 0 unspecified atom stereocenters. The molecule has 6 nitrogen and oxygen atoms in total. The van der Waals surface area contributed by atoms with Gasteiger partial charge in [0.15, 0.2) is 11.5 Å². The third-order valence-corrected chi connectivity index (χ3v) is 8.27. The Morgan fingerprint density at radius 3 is 2.45 bits per heavy atom. The van der Waals surface area contributed by atoms with Crippen molar-refractivity contribution in [2.75, 3.05) is 38.6 Å². The zero-order valence-corrected chi connectivity index (χ0v) is 24.8. The van der Waals surface area contributed by atoms with Gasteiger partial charge in [-0.2, -0.15) is 0 Å². The van der Waals surface area contributed by atoms with Crippen molar-refractivity contribution in [1.82, 2.24) is 14.8 Å². The molecule has 4 aromatic rings. The fourth-order valence-electron chi connectivity index (χ4n) is 5.54. The van der Waals surface area contributed by atoms with Crippen LogP contribution in [0.1, 0.15) is 31.9 Å². The Hall–Kier alpha value is -3.68. The molecule has 1 N–H and O–H groups in total. The summed E-state index contributed by atoms with van der Waals surface area (Å²) in [5.41, 5.74) is 7.14. The number of rotatable bonds is 9. The fraction of sp³-hybridized carbons (Fsp3) is 0.303. The number of benzene rings is 3. The summed E-state index contributed by atoms with van der Waals surface area (Å²) in [5.74, 6) is 1.61. The molecule has 1 aliphatic rings. The van der Waals surface area contributed by atoms with E-state index in [9.17, 15) is 0 Å². The number of hydrogen-bond acceptors (Lipinski definition) is 7. The van der Waals surface area contributed by atoms with Gasteiger partial charge in [0.25, 0.3) is 0 Å². The highest BCUT2D eigenvalue weighted by molar-refractivity contribution is 8.00. The maximum Gasteiger partial charge on any atom is 0.165 e. The van der Waals surface area contributed by atoms with Crippen molar-refractivity contribution in [3.05, 3.63) is 95.7 Å². The standard InChI is InChI=1S/C33H38N4O2S/c1-23(2)32(37-20-19-36(21-24(37)3)22-27-10-6-12-29(38-4)33(27)39-5)26-14-16-28(17-15-26)35-40-30-13-7-9-25-11-8-18-34-31(25)30/h6-18,24,35H,19-22H2,1-5H3/t24-/m0/s1. The molecular formula is C33H38N4O2S. The van der Waals surface area contributed by atoms with Crippen molar-refractivity contribution in [3.8, 4) is 11.5 Å². The molecule has 1 aliphatic heterocycles. The van der Waals surface area contributed by atoms with Crippen LogP contribution in [0, 0.1) is 0 Å². The van der Waals surface area contributed by atoms with Crippen molar-refractivity contribution in [3.63, 3.8) is 0 Å². The number of fused-ring (bicyclic) bond motifs is 1. The highest BCUT2D eigenvalue weighted by atomic mass is 32.2. The lowest BCUT2D eigenvalue weighted by molar-refractivity contribution is 0.121. The second-order valence-electron chi connectivity index (χ2n) is 10.4. The van der Waals surface area contributed by atoms with E-state index in [0.29, 0.717) is 6.04 Å². The van der Waals surface area contributed by atoms with Gasteiger partial charge in [0, 0.05) is 60.8 Å². The number of allylic oxidation sites excluding steroid dienone is 1. The third-order valence-electron chi connectivity index (χ3n) is 7.38. The Morgan fingerprint density at radius 1 is 0.950 bits per heavy atom. The Morgan fingerprint density at radius 2 is 1.73 bits per heavy atom. The molecule has 1 saturated heterocycles. The molecule has 2 heterocycles. The van der Waals surface area contributed by atoms with Crippen LogP contribution >= 0.6 is 11.9 Å². The lowest BCUT2D eigenvalue weighted by Crippen LogP contribution is -2.50. The van der Waals surface area contributed by atoms with Crippen LogP contribution in [-0.2, 0) is 6.54 Å². The molecule has 0 spiro atoms. The highest BCUT2D eigenvalue weighted by Gasteiger charge is 2.27. The predicted molar refractivity (Wildman–Crippen MR) is 167 cm³/mol. The van der Waals surface area contributed by atoms with Crippen molar-refractivity contribution >= 4 is 34.2 Å². The first-order chi connectivity index (χ1) is 19.5. The molecule has 0 saturated carbocycles. The second kappa shape index (κ2) is 12.7. The maximum absolute atomic E-state index is 5.68. The molecule has 3 aromatic carbocycles. The van der Waals surface area contributed by atoms with E-state index in [0.717, 1.165) is 64.7 Å². The van der Waals surface area contributed by atoms with E-state index in [4.69, 9.17) is 9.47 Å². The fourth-order valence-corrected chi connectivity index (χ4v) is 6.32. The Labute approximate surface area is 242 Å². The number of ether oxygens (including phenoxy) is 2. The van der Waals surface area contributed by atoms with E-state index in [1.54, 1.807) is 26.2 Å². The van der Waals surface area contributed by atoms with Gasteiger partial charge in [-0.15, -0.1) is 0 Å². The largest absolute Gasteiger partial charge is 0.493 e. The second-order valence-corrected chi connectivity index (χ2v) is 11.2. The van der Waals surface area contributed by atoms with Crippen molar-refractivity contribution in [1.29, 1.82) is 0 Å². The summed E-state index contributed by atoms with van der Waals surface area (Å²) < 4.78 is 14.7. The van der Waals surface area contributed by atoms with Crippen LogP contribution in [0.3, 0.4) is 0 Å². The SMILES string of the molecule is COc1cccc(CN2CCN(C(=C(C)C)c3ccc(NSc4cccc5cccnc45)cc3)[C@@H](C)C2)c1OC. The number of piperazine rings is 1. The minimum Gasteiger partial charge on any atom is -0.493 e. The van der Waals surface area contributed by atoms with Gasteiger partial charge in [0.05, 0.1) is 24.6 Å². The molecule has 0 radical (unpaired) electrons. The van der Waals surface area contributed by atoms with Crippen molar-refractivity contribution in [2.45, 2.75) is 38.3 Å². The topological polar surface area (TPSA) is 49.9 Å². The third kappa shape index (κ3) is 6.06. The van der Waals surface area contributed by atoms with E-state index in [1.165, 1.54) is 16.8 Å². The van der Waals surface area contributed by atoms with Crippen LogP contribution in [0.5, 0.6) is 11.5 Å². The molecule has 208 valence electrons. The molecule has 0 bridgehead atoms. The smallest absolute Gasteiger partial charge is 0.165 e. The van der Waals surface area contributed by atoms with Crippen LogP contribution in [0.2, 0.25) is 0 Å². The minimum atomic E-state index is 0.377. The van der Waals surface area contributed by atoms with Gasteiger partial charge in [-0.25, -0.2) is 0 Å². The summed E-state index contributed by atoms with van der Waals surface area (Å²) >= 11 is 1.60. The summed E-state index contributed by atoms with van der Waals surface area (Å²) in [6, 6.07) is 25.6. The molecule has 1 fully saturated rings. The number of nitrogens with one attached hydrogen (secondary N) is 1. The first-order valence-electron chi connectivity index (χ1n) is 13.7. The van der Waals surface area contributed by atoms with Gasteiger partial charge < -0.3 is 19.1 Å². The lowest BCUT2D eigenvalue weighted by atomic mass is 10.0. The maximum atomic E-state index is 5.68. The molecule has 7 heteroatoms. The van der Waals surface area contributed by atoms with E-state index in [1.807, 2.05) is 24.4 Å². The van der Waals surface area contributed by atoms with Gasteiger partial charge in [-0.05, 0) is 68.6 Å². The number of aromatic nitrogens is 1. The van der Waals surface area contributed by atoms with Gasteiger partial charge in [0.2, 0.25) is 0 Å². The van der Waals surface area contributed by atoms with E-state index in [-0.39, 0.29) is 0 Å². The Kier molecular flexibility index (Phi) is 8.82. The lowest BCUT2D eigenvalue weighted by Gasteiger charge is -2.43. The summed E-state index contributed by atoms with van der Waals surface area (Å²) in [5, 5.41) is 1.15. The highest BCUT2D eigenvalue weighted by Crippen LogP contribution is 2.34. The van der Waals surface area contributed by atoms with Crippen molar-refractivity contribution in [2.24, 2.45) is 0 Å². The summed E-state index contributed by atoms with van der Waals surface area (Å²) in [6.45, 7) is 10.5. The monoisotopic (exact) mass is 554 g/mol. The number of para-hydroxylation sites is 2. The summed E-state index contributed by atoms with van der Waals surface area (Å²) in [7, 11) is 3.40. The number of pyridine rings is 1. The molecule has 1 aromatic heterocycles. The van der Waals surface area contributed by atoms with E-state index < -0.39 is 0 Å². The van der Waals surface area contributed by atoms with Crippen LogP contribution in [-0.4, -0.2) is 54.7 Å². The first-order valence-corrected chi connectivity index (χ1v) is 14.5. The minimum absolute atomic E-state index is 0.377. The molecule has 5 rings (SSSR count). The van der Waals surface area contributed by atoms with Crippen molar-refractivity contribution < 1.29 is 9.47 Å². The molecule has 0 amide bonds.